The van der Waals surface area contributed by atoms with Crippen molar-refractivity contribution in [2.24, 2.45) is 0 Å². The van der Waals surface area contributed by atoms with Crippen LogP contribution in [-0.2, 0) is 4.79 Å². The van der Waals surface area contributed by atoms with Gasteiger partial charge in [0.25, 0.3) is 0 Å². The maximum atomic E-state index is 12.3. The molecule has 2 rings (SSSR count). The molecule has 2 fully saturated rings. The molecule has 0 spiro atoms. The van der Waals surface area contributed by atoms with Crippen molar-refractivity contribution in [3.8, 4) is 0 Å². The molecular weight excluding hydrogens is 244 g/mol. The lowest BCUT2D eigenvalue weighted by Gasteiger charge is -2.36. The molecule has 0 aromatic heterocycles. The maximum absolute atomic E-state index is 12.3. The van der Waals surface area contributed by atoms with Crippen molar-refractivity contribution >= 4 is 12.0 Å². The third-order valence-electron chi connectivity index (χ3n) is 4.57. The van der Waals surface area contributed by atoms with E-state index < -0.39 is 11.5 Å². The fraction of sp³-hybridized carbons (Fsp3) is 0.857. The van der Waals surface area contributed by atoms with Gasteiger partial charge in [0, 0.05) is 12.6 Å². The van der Waals surface area contributed by atoms with Gasteiger partial charge >= 0.3 is 12.0 Å². The Morgan fingerprint density at radius 1 is 1.26 bits per heavy atom. The molecule has 108 valence electrons. The van der Waals surface area contributed by atoms with E-state index in [1.54, 1.807) is 0 Å². The van der Waals surface area contributed by atoms with Gasteiger partial charge in [-0.15, -0.1) is 0 Å². The number of nitrogens with zero attached hydrogens (tertiary/aromatic N) is 1. The van der Waals surface area contributed by atoms with Gasteiger partial charge in [0.15, 0.2) is 0 Å². The third kappa shape index (κ3) is 2.85. The van der Waals surface area contributed by atoms with Crippen LogP contribution in [-0.4, -0.2) is 40.1 Å². The number of urea groups is 1. The van der Waals surface area contributed by atoms with Gasteiger partial charge in [0.05, 0.1) is 0 Å². The molecule has 2 amide bonds. The van der Waals surface area contributed by atoms with Crippen molar-refractivity contribution in [2.45, 2.75) is 69.9 Å². The van der Waals surface area contributed by atoms with Crippen LogP contribution in [0.5, 0.6) is 0 Å². The van der Waals surface area contributed by atoms with E-state index in [1.807, 2.05) is 4.90 Å². The second kappa shape index (κ2) is 5.80. The van der Waals surface area contributed by atoms with E-state index in [0.717, 1.165) is 45.1 Å². The quantitative estimate of drug-likeness (QED) is 0.825. The lowest BCUT2D eigenvalue weighted by Crippen LogP contribution is -2.59. The zero-order valence-electron chi connectivity index (χ0n) is 11.7. The lowest BCUT2D eigenvalue weighted by atomic mass is 9.82. The van der Waals surface area contributed by atoms with Crippen molar-refractivity contribution in [3.63, 3.8) is 0 Å². The Balaban J connectivity index is 2.04. The Morgan fingerprint density at radius 2 is 1.95 bits per heavy atom. The number of hydrogen-bond donors (Lipinski definition) is 2. The fourth-order valence-corrected chi connectivity index (χ4v) is 3.35. The first-order chi connectivity index (χ1) is 9.09. The third-order valence-corrected chi connectivity index (χ3v) is 4.57. The van der Waals surface area contributed by atoms with Gasteiger partial charge in [0.1, 0.15) is 5.54 Å². The van der Waals surface area contributed by atoms with Gasteiger partial charge in [-0.05, 0) is 32.1 Å². The molecular formula is C14H24N2O3. The van der Waals surface area contributed by atoms with Gasteiger partial charge in [-0.3, -0.25) is 0 Å². The molecule has 2 aliphatic rings. The van der Waals surface area contributed by atoms with E-state index in [9.17, 15) is 14.7 Å². The molecule has 2 N–H and O–H groups in total. The Bertz CT molecular complexity index is 351. The second-order valence-corrected chi connectivity index (χ2v) is 5.78. The molecule has 1 saturated carbocycles. The van der Waals surface area contributed by atoms with Crippen LogP contribution in [0.1, 0.15) is 58.3 Å². The Hall–Kier alpha value is -1.26. The molecule has 1 unspecified atom stereocenters. The number of nitrogens with one attached hydrogen (secondary N) is 1. The first kappa shape index (κ1) is 14.2. The van der Waals surface area contributed by atoms with Crippen LogP contribution >= 0.6 is 0 Å². The summed E-state index contributed by atoms with van der Waals surface area (Å²) in [5, 5.41) is 12.3. The van der Waals surface area contributed by atoms with E-state index in [-0.39, 0.29) is 12.1 Å². The number of likely N-dealkylation sites (tertiary alicyclic amines) is 1. The summed E-state index contributed by atoms with van der Waals surface area (Å²) in [6, 6.07) is 0.0862. The molecule has 1 heterocycles. The normalized spacial score (nSPS) is 26.2. The summed E-state index contributed by atoms with van der Waals surface area (Å²) in [6.07, 6.45) is 6.92. The van der Waals surface area contributed by atoms with Crippen LogP contribution in [0.25, 0.3) is 0 Å². The standard InChI is InChI=1S/C14H24N2O3/c1-2-11-7-6-10-16(11)13(19)15-14(12(17)18)8-4-3-5-9-14/h11H,2-10H2,1H3,(H,15,19)(H,17,18). The highest BCUT2D eigenvalue weighted by molar-refractivity contribution is 5.86. The predicted molar refractivity (Wildman–Crippen MR) is 72.0 cm³/mol. The molecule has 1 saturated heterocycles. The molecule has 5 nitrogen and oxygen atoms in total. The summed E-state index contributed by atoms with van der Waals surface area (Å²) in [4.78, 5) is 25.7. The molecule has 0 aromatic carbocycles. The number of carbonyl (C=O) groups is 2. The zero-order valence-corrected chi connectivity index (χ0v) is 11.7. The molecule has 1 aliphatic heterocycles. The fourth-order valence-electron chi connectivity index (χ4n) is 3.35. The van der Waals surface area contributed by atoms with Crippen LogP contribution in [0.15, 0.2) is 0 Å². The van der Waals surface area contributed by atoms with Crippen LogP contribution < -0.4 is 5.32 Å². The van der Waals surface area contributed by atoms with Gasteiger partial charge in [0.2, 0.25) is 0 Å². The molecule has 19 heavy (non-hydrogen) atoms. The first-order valence-electron chi connectivity index (χ1n) is 7.41. The van der Waals surface area contributed by atoms with E-state index in [4.69, 9.17) is 0 Å². The molecule has 0 bridgehead atoms. The smallest absolute Gasteiger partial charge is 0.329 e. The average molecular weight is 268 g/mol. The van der Waals surface area contributed by atoms with E-state index in [2.05, 4.69) is 12.2 Å². The van der Waals surface area contributed by atoms with Gasteiger partial charge < -0.3 is 15.3 Å². The monoisotopic (exact) mass is 268 g/mol. The van der Waals surface area contributed by atoms with Crippen LogP contribution in [0.4, 0.5) is 4.79 Å². The largest absolute Gasteiger partial charge is 0.480 e. The topological polar surface area (TPSA) is 69.6 Å². The van der Waals surface area contributed by atoms with E-state index in [0.29, 0.717) is 12.8 Å². The average Bonchev–Trinajstić information content (AvgIpc) is 2.88. The summed E-state index contributed by atoms with van der Waals surface area (Å²) in [6.45, 7) is 2.82. The molecule has 1 aliphatic carbocycles. The van der Waals surface area contributed by atoms with E-state index in [1.165, 1.54) is 0 Å². The van der Waals surface area contributed by atoms with Crippen LogP contribution in [0.2, 0.25) is 0 Å². The summed E-state index contributed by atoms with van der Waals surface area (Å²) < 4.78 is 0. The highest BCUT2D eigenvalue weighted by Crippen LogP contribution is 2.29. The summed E-state index contributed by atoms with van der Waals surface area (Å²) in [5.41, 5.74) is -1.03. The SMILES string of the molecule is CCC1CCCN1C(=O)NC1(C(=O)O)CCCCC1. The number of hydrogen-bond acceptors (Lipinski definition) is 2. The number of aliphatic carboxylic acids is 1. The Kier molecular flexibility index (Phi) is 4.32. The number of rotatable bonds is 3. The minimum atomic E-state index is -1.03. The molecule has 1 atom stereocenters. The summed E-state index contributed by atoms with van der Waals surface area (Å²) in [7, 11) is 0. The number of amides is 2. The van der Waals surface area contributed by atoms with Gasteiger partial charge in [-0.25, -0.2) is 9.59 Å². The summed E-state index contributed by atoms with van der Waals surface area (Å²) in [5.74, 6) is -0.882. The minimum absolute atomic E-state index is 0.186. The Labute approximate surface area is 114 Å². The van der Waals surface area contributed by atoms with Crippen molar-refractivity contribution in [3.05, 3.63) is 0 Å². The number of carboxylic acids is 1. The van der Waals surface area contributed by atoms with Crippen molar-refractivity contribution in [1.82, 2.24) is 10.2 Å². The second-order valence-electron chi connectivity index (χ2n) is 5.78. The molecule has 0 aromatic rings. The van der Waals surface area contributed by atoms with Crippen LogP contribution in [0.3, 0.4) is 0 Å². The first-order valence-corrected chi connectivity index (χ1v) is 7.41. The highest BCUT2D eigenvalue weighted by Gasteiger charge is 2.42. The zero-order chi connectivity index (χ0) is 13.9. The molecule has 0 radical (unpaired) electrons. The van der Waals surface area contributed by atoms with Crippen molar-refractivity contribution < 1.29 is 14.7 Å². The highest BCUT2D eigenvalue weighted by atomic mass is 16.4. The van der Waals surface area contributed by atoms with Gasteiger partial charge in [-0.2, -0.15) is 0 Å². The number of carboxylic acid groups (broad SMARTS) is 1. The number of carbonyl (C=O) groups excluding carboxylic acids is 1. The lowest BCUT2D eigenvalue weighted by molar-refractivity contribution is -0.146. The van der Waals surface area contributed by atoms with Crippen molar-refractivity contribution in [2.75, 3.05) is 6.54 Å². The van der Waals surface area contributed by atoms with Crippen molar-refractivity contribution in [1.29, 1.82) is 0 Å². The minimum Gasteiger partial charge on any atom is -0.480 e. The summed E-state index contributed by atoms with van der Waals surface area (Å²) >= 11 is 0. The maximum Gasteiger partial charge on any atom is 0.329 e. The predicted octanol–water partition coefficient (Wildman–Crippen LogP) is 2.36. The van der Waals surface area contributed by atoms with Gasteiger partial charge in [-0.1, -0.05) is 26.2 Å². The van der Waals surface area contributed by atoms with E-state index >= 15 is 0 Å². The molecule has 5 heteroatoms. The Morgan fingerprint density at radius 3 is 2.53 bits per heavy atom. The van der Waals surface area contributed by atoms with Crippen LogP contribution in [0, 0.1) is 0 Å².